The second-order valence-corrected chi connectivity index (χ2v) is 6.40. The molecule has 0 aliphatic heterocycles. The summed E-state index contributed by atoms with van der Waals surface area (Å²) in [4.78, 5) is 0. The van der Waals surface area contributed by atoms with Crippen molar-refractivity contribution in [3.8, 4) is 0 Å². The Bertz CT molecular complexity index is 440. The minimum absolute atomic E-state index is 0.442. The number of halogens is 2. The third kappa shape index (κ3) is 3.48. The molecular weight excluding hydrogens is 295 g/mol. The lowest BCUT2D eigenvalue weighted by Crippen LogP contribution is -2.45. The summed E-state index contributed by atoms with van der Waals surface area (Å²) in [6, 6.07) is 5.54. The minimum Gasteiger partial charge on any atom is -0.390 e. The molecule has 0 bridgehead atoms. The Morgan fingerprint density at radius 1 is 1.20 bits per heavy atom. The van der Waals surface area contributed by atoms with E-state index in [2.05, 4.69) is 0 Å². The van der Waals surface area contributed by atoms with Crippen molar-refractivity contribution in [1.82, 2.24) is 0 Å². The second kappa shape index (κ2) is 7.13. The Kier molecular flexibility index (Phi) is 5.74. The summed E-state index contributed by atoms with van der Waals surface area (Å²) in [6.07, 6.45) is 6.38. The van der Waals surface area contributed by atoms with E-state index in [1.54, 1.807) is 13.2 Å². The van der Waals surface area contributed by atoms with E-state index in [-0.39, 0.29) is 0 Å². The van der Waals surface area contributed by atoms with Gasteiger partial charge in [-0.3, -0.25) is 0 Å². The first kappa shape index (κ1) is 16.1. The van der Waals surface area contributed by atoms with Crippen LogP contribution in [0.5, 0.6) is 0 Å². The molecule has 1 aromatic carbocycles. The number of ether oxygens (including phenoxy) is 1. The maximum atomic E-state index is 10.7. The molecule has 0 spiro atoms. The summed E-state index contributed by atoms with van der Waals surface area (Å²) < 4.78 is 5.74. The lowest BCUT2D eigenvalue weighted by Gasteiger charge is -2.36. The van der Waals surface area contributed by atoms with Gasteiger partial charge in [0.05, 0.1) is 21.8 Å². The largest absolute Gasteiger partial charge is 0.390 e. The third-order valence-electron chi connectivity index (χ3n) is 4.41. The Morgan fingerprint density at radius 3 is 2.45 bits per heavy atom. The van der Waals surface area contributed by atoms with E-state index in [9.17, 15) is 5.11 Å². The van der Waals surface area contributed by atoms with Crippen LogP contribution in [0, 0.1) is 0 Å². The summed E-state index contributed by atoms with van der Waals surface area (Å²) in [5.74, 6) is 0. The zero-order valence-electron chi connectivity index (χ0n) is 11.9. The van der Waals surface area contributed by atoms with Gasteiger partial charge in [-0.25, -0.2) is 0 Å². The zero-order valence-corrected chi connectivity index (χ0v) is 13.4. The highest BCUT2D eigenvalue weighted by molar-refractivity contribution is 6.42. The van der Waals surface area contributed by atoms with Gasteiger partial charge >= 0.3 is 0 Å². The van der Waals surface area contributed by atoms with Gasteiger partial charge in [0.2, 0.25) is 0 Å². The van der Waals surface area contributed by atoms with Crippen molar-refractivity contribution >= 4 is 23.2 Å². The molecule has 0 heterocycles. The van der Waals surface area contributed by atoms with Crippen molar-refractivity contribution in [2.24, 2.45) is 0 Å². The SMILES string of the molecule is COC1(C(O)Cc2cccc(Cl)c2Cl)CCCCCC1. The molecule has 20 heavy (non-hydrogen) atoms. The van der Waals surface area contributed by atoms with Crippen molar-refractivity contribution in [1.29, 1.82) is 0 Å². The Balaban J connectivity index is 2.16. The summed E-state index contributed by atoms with van der Waals surface area (Å²) in [6.45, 7) is 0. The molecule has 1 unspecified atom stereocenters. The molecule has 0 radical (unpaired) electrons. The first-order valence-corrected chi connectivity index (χ1v) is 8.01. The molecular formula is C16H22Cl2O2. The van der Waals surface area contributed by atoms with E-state index in [1.807, 2.05) is 12.1 Å². The number of benzene rings is 1. The highest BCUT2D eigenvalue weighted by atomic mass is 35.5. The number of rotatable bonds is 4. The van der Waals surface area contributed by atoms with E-state index in [4.69, 9.17) is 27.9 Å². The topological polar surface area (TPSA) is 29.5 Å². The molecule has 1 aliphatic rings. The fourth-order valence-electron chi connectivity index (χ4n) is 3.10. The van der Waals surface area contributed by atoms with Crippen LogP contribution in [0.15, 0.2) is 18.2 Å². The van der Waals surface area contributed by atoms with E-state index in [0.717, 1.165) is 31.2 Å². The quantitative estimate of drug-likeness (QED) is 0.820. The maximum Gasteiger partial charge on any atom is 0.0939 e. The van der Waals surface area contributed by atoms with Gasteiger partial charge in [0.1, 0.15) is 0 Å². The number of aliphatic hydroxyl groups excluding tert-OH is 1. The van der Waals surface area contributed by atoms with Crippen LogP contribution in [0.4, 0.5) is 0 Å². The normalized spacial score (nSPS) is 20.4. The Hall–Kier alpha value is -0.280. The highest BCUT2D eigenvalue weighted by Crippen LogP contribution is 2.36. The second-order valence-electron chi connectivity index (χ2n) is 5.62. The molecule has 4 heteroatoms. The molecule has 0 saturated heterocycles. The fourth-order valence-corrected chi connectivity index (χ4v) is 3.50. The number of methoxy groups -OCH3 is 1. The third-order valence-corrected chi connectivity index (χ3v) is 5.27. The lowest BCUT2D eigenvalue weighted by atomic mass is 9.85. The van der Waals surface area contributed by atoms with Crippen molar-refractivity contribution in [3.05, 3.63) is 33.8 Å². The average Bonchev–Trinajstić information content (AvgIpc) is 2.70. The summed E-state index contributed by atoms with van der Waals surface area (Å²) in [5.41, 5.74) is 0.439. The van der Waals surface area contributed by atoms with Gasteiger partial charge in [-0.05, 0) is 24.5 Å². The molecule has 1 aliphatic carbocycles. The number of hydrogen-bond donors (Lipinski definition) is 1. The van der Waals surface area contributed by atoms with Gasteiger partial charge in [0.25, 0.3) is 0 Å². The van der Waals surface area contributed by atoms with Crippen molar-refractivity contribution < 1.29 is 9.84 Å². The molecule has 1 aromatic rings. The molecule has 1 atom stereocenters. The monoisotopic (exact) mass is 316 g/mol. The van der Waals surface area contributed by atoms with Crippen molar-refractivity contribution in [3.63, 3.8) is 0 Å². The Morgan fingerprint density at radius 2 is 1.85 bits per heavy atom. The fraction of sp³-hybridized carbons (Fsp3) is 0.625. The van der Waals surface area contributed by atoms with Gasteiger partial charge in [-0.15, -0.1) is 0 Å². The summed E-state index contributed by atoms with van der Waals surface area (Å²) in [5, 5.41) is 11.8. The molecule has 2 nitrogen and oxygen atoms in total. The average molecular weight is 317 g/mol. The standard InChI is InChI=1S/C16H22Cl2O2/c1-20-16(9-4-2-3-5-10-16)14(19)11-12-7-6-8-13(17)15(12)18/h6-8,14,19H,2-5,9-11H2,1H3. The lowest BCUT2D eigenvalue weighted by molar-refractivity contribution is -0.111. The van der Waals surface area contributed by atoms with E-state index >= 15 is 0 Å². The smallest absolute Gasteiger partial charge is 0.0939 e. The van der Waals surface area contributed by atoms with Crippen LogP contribution in [-0.4, -0.2) is 23.9 Å². The van der Waals surface area contributed by atoms with Crippen LogP contribution in [0.25, 0.3) is 0 Å². The molecule has 112 valence electrons. The van der Waals surface area contributed by atoms with Crippen molar-refractivity contribution in [2.45, 2.75) is 56.7 Å². The zero-order chi connectivity index (χ0) is 14.6. The highest BCUT2D eigenvalue weighted by Gasteiger charge is 2.38. The summed E-state index contributed by atoms with van der Waals surface area (Å²) >= 11 is 12.2. The van der Waals surface area contributed by atoms with Crippen LogP contribution in [0.2, 0.25) is 10.0 Å². The van der Waals surface area contributed by atoms with Gasteiger partial charge in [-0.2, -0.15) is 0 Å². The van der Waals surface area contributed by atoms with E-state index in [1.165, 1.54) is 12.8 Å². The van der Waals surface area contributed by atoms with Crippen LogP contribution in [-0.2, 0) is 11.2 Å². The molecule has 1 N–H and O–H groups in total. The molecule has 1 saturated carbocycles. The maximum absolute atomic E-state index is 10.7. The Labute approximate surface area is 131 Å². The molecule has 1 fully saturated rings. The number of hydrogen-bond acceptors (Lipinski definition) is 2. The summed E-state index contributed by atoms with van der Waals surface area (Å²) in [7, 11) is 1.70. The van der Waals surface area contributed by atoms with Crippen LogP contribution < -0.4 is 0 Å². The first-order chi connectivity index (χ1) is 9.59. The van der Waals surface area contributed by atoms with Gasteiger partial charge in [0.15, 0.2) is 0 Å². The van der Waals surface area contributed by atoms with Gasteiger partial charge in [-0.1, -0.05) is 61.0 Å². The molecule has 2 rings (SSSR count). The predicted molar refractivity (Wildman–Crippen MR) is 83.6 cm³/mol. The first-order valence-electron chi connectivity index (χ1n) is 7.25. The molecule has 0 aromatic heterocycles. The van der Waals surface area contributed by atoms with Gasteiger partial charge < -0.3 is 9.84 Å². The molecule has 0 amide bonds. The number of aliphatic hydroxyl groups is 1. The van der Waals surface area contributed by atoms with Gasteiger partial charge in [0, 0.05) is 13.5 Å². The van der Waals surface area contributed by atoms with Crippen molar-refractivity contribution in [2.75, 3.05) is 7.11 Å². The van der Waals surface area contributed by atoms with E-state index < -0.39 is 11.7 Å². The van der Waals surface area contributed by atoms with Crippen LogP contribution in [0.3, 0.4) is 0 Å². The van der Waals surface area contributed by atoms with Crippen LogP contribution in [0.1, 0.15) is 44.1 Å². The minimum atomic E-state index is -0.554. The predicted octanol–water partition coefficient (Wildman–Crippen LogP) is 4.64. The van der Waals surface area contributed by atoms with E-state index in [0.29, 0.717) is 16.5 Å². The van der Waals surface area contributed by atoms with Crippen LogP contribution >= 0.6 is 23.2 Å².